The topological polar surface area (TPSA) is 217 Å². The molecular weight excluding hydrogens is 737 g/mol. The first kappa shape index (κ1) is 43.5. The summed E-state index contributed by atoms with van der Waals surface area (Å²) in [6.07, 6.45) is 12.3. The Morgan fingerprint density at radius 1 is 1.15 bits per heavy atom. The molecule has 3 amide bonds. The van der Waals surface area contributed by atoms with E-state index in [1.165, 1.54) is 6.21 Å². The summed E-state index contributed by atoms with van der Waals surface area (Å²) in [5.74, 6) is -1.03. The number of aliphatic imine (C=N–C) groups is 1. The SMILES string of the molecule is COP(=O)(O)C(NC(=O)CCCN1CCCCOB(C2(NC(=O)C(C=Cc3ccccc3)NC(=O)C3C=NC=CN3)CC2C(C)C)OCCCC1)[P+](=O)O. The molecule has 1 aliphatic carbocycles. The van der Waals surface area contributed by atoms with Crippen LogP contribution < -0.4 is 21.3 Å². The normalized spacial score (nSPS) is 25.0. The van der Waals surface area contributed by atoms with Crippen LogP contribution in [0.4, 0.5) is 0 Å². The van der Waals surface area contributed by atoms with E-state index in [1.807, 2.05) is 36.4 Å². The van der Waals surface area contributed by atoms with Crippen LogP contribution in [0.1, 0.15) is 64.4 Å². The highest BCUT2D eigenvalue weighted by atomic mass is 31.2. The lowest BCUT2D eigenvalue weighted by molar-refractivity contribution is -0.128. The molecule has 1 aromatic carbocycles. The van der Waals surface area contributed by atoms with Crippen LogP contribution in [0.3, 0.4) is 0 Å². The van der Waals surface area contributed by atoms with E-state index < -0.39 is 57.6 Å². The Hall–Kier alpha value is -3.27. The highest BCUT2D eigenvalue weighted by Crippen LogP contribution is 2.54. The van der Waals surface area contributed by atoms with Gasteiger partial charge in [-0.15, -0.1) is 0 Å². The second-order valence-corrected chi connectivity index (χ2v) is 17.6. The van der Waals surface area contributed by atoms with Crippen molar-refractivity contribution in [2.45, 2.75) is 81.8 Å². The third-order valence-electron chi connectivity index (χ3n) is 9.68. The Labute approximate surface area is 318 Å². The van der Waals surface area contributed by atoms with Crippen LogP contribution in [0.15, 0.2) is 53.8 Å². The van der Waals surface area contributed by atoms with E-state index in [9.17, 15) is 33.3 Å². The Bertz CT molecular complexity index is 1560. The average Bonchev–Trinajstić information content (AvgIpc) is 3.88. The van der Waals surface area contributed by atoms with Crippen molar-refractivity contribution < 1.29 is 47.1 Å². The molecule has 1 saturated heterocycles. The number of hydrogen-bond acceptors (Lipinski definition) is 11. The Morgan fingerprint density at radius 3 is 2.41 bits per heavy atom. The summed E-state index contributed by atoms with van der Waals surface area (Å²) in [6.45, 7) is 7.14. The zero-order chi connectivity index (χ0) is 39.1. The predicted octanol–water partition coefficient (Wildman–Crippen LogP) is 2.91. The van der Waals surface area contributed by atoms with Crippen LogP contribution in [-0.2, 0) is 37.3 Å². The van der Waals surface area contributed by atoms with Gasteiger partial charge in [-0.1, -0.05) is 56.3 Å². The molecule has 6 N–H and O–H groups in total. The van der Waals surface area contributed by atoms with Crippen molar-refractivity contribution >= 4 is 52.8 Å². The van der Waals surface area contributed by atoms with E-state index in [0.717, 1.165) is 51.4 Å². The van der Waals surface area contributed by atoms with Crippen molar-refractivity contribution in [1.29, 1.82) is 0 Å². The predicted molar refractivity (Wildman–Crippen MR) is 206 cm³/mol. The van der Waals surface area contributed by atoms with Gasteiger partial charge in [0, 0.05) is 45.4 Å². The molecule has 7 unspecified atom stereocenters. The maximum absolute atomic E-state index is 14.1. The standard InChI is InChI=1S/C35H53BN6O10P2/c1-26(2)28-24-35(28,41-33(45)29(16-15-27-12-5-4-6-13-27)39-32(44)30-25-37-17-18-38-30)36-51-22-9-7-19-42(20-8-10-23-52-36)21-11-14-31(43)40-34(53(46)47)54(48,49)50-3/h4-6,12-13,15-18,25-26,28-30,34,38H,7-11,14,19-24H2,1-3H3,(H4-,39,40,41,43,44,45,46,47,48,49)/p+1. The molecular formula is C35H54BN6O10P2+. The van der Waals surface area contributed by atoms with E-state index in [0.29, 0.717) is 32.6 Å². The van der Waals surface area contributed by atoms with Crippen LogP contribution in [0.25, 0.3) is 6.08 Å². The number of rotatable bonds is 16. The second-order valence-electron chi connectivity index (χ2n) is 14.0. The van der Waals surface area contributed by atoms with Crippen LogP contribution >= 0.6 is 15.6 Å². The molecule has 0 bridgehead atoms. The van der Waals surface area contributed by atoms with Crippen LogP contribution in [-0.4, -0.2) is 109 Å². The van der Waals surface area contributed by atoms with Gasteiger partial charge in [0.05, 0.1) is 5.44 Å². The summed E-state index contributed by atoms with van der Waals surface area (Å²) < 4.78 is 40.8. The number of amides is 3. The molecule has 0 radical (unpaired) electrons. The zero-order valence-electron chi connectivity index (χ0n) is 31.2. The number of carbonyl (C=O) groups is 3. The molecule has 2 aliphatic heterocycles. The largest absolute Gasteiger partial charge is 0.544 e. The van der Waals surface area contributed by atoms with Gasteiger partial charge in [0.1, 0.15) is 12.1 Å². The van der Waals surface area contributed by atoms with Gasteiger partial charge in [-0.05, 0) is 80.1 Å². The highest BCUT2D eigenvalue weighted by Gasteiger charge is 2.66. The minimum Gasteiger partial charge on any atom is -0.410 e. The minimum atomic E-state index is -4.48. The van der Waals surface area contributed by atoms with Crippen LogP contribution in [0.2, 0.25) is 0 Å². The van der Waals surface area contributed by atoms with Crippen molar-refractivity contribution in [2.24, 2.45) is 16.8 Å². The molecule has 1 aromatic rings. The fraction of sp³-hybridized carbons (Fsp3) is 0.600. The molecule has 3 aliphatic rings. The number of hydrogen-bond donors (Lipinski definition) is 6. The van der Waals surface area contributed by atoms with Gasteiger partial charge in [-0.25, -0.2) is 0 Å². The molecule has 4 rings (SSSR count). The van der Waals surface area contributed by atoms with Crippen molar-refractivity contribution in [3.05, 3.63) is 54.4 Å². The number of nitrogens with zero attached hydrogens (tertiary/aromatic N) is 2. The smallest absolute Gasteiger partial charge is 0.410 e. The monoisotopic (exact) mass is 791 g/mol. The van der Waals surface area contributed by atoms with Gasteiger partial charge in [0.25, 0.3) is 0 Å². The number of carbonyl (C=O) groups excluding carboxylic acids is 3. The first-order valence-electron chi connectivity index (χ1n) is 18.4. The third kappa shape index (κ3) is 12.9. The molecule has 2 heterocycles. The summed E-state index contributed by atoms with van der Waals surface area (Å²) in [5.41, 5.74) is -1.77. The molecule has 54 heavy (non-hydrogen) atoms. The molecule has 19 heteroatoms. The average molecular weight is 792 g/mol. The molecule has 16 nitrogen and oxygen atoms in total. The fourth-order valence-electron chi connectivity index (χ4n) is 6.62. The lowest BCUT2D eigenvalue weighted by Gasteiger charge is -2.29. The zero-order valence-corrected chi connectivity index (χ0v) is 33.0. The van der Waals surface area contributed by atoms with Crippen molar-refractivity contribution in [2.75, 3.05) is 40.0 Å². The van der Waals surface area contributed by atoms with E-state index >= 15 is 0 Å². The molecule has 296 valence electrons. The van der Waals surface area contributed by atoms with E-state index in [-0.39, 0.29) is 24.2 Å². The van der Waals surface area contributed by atoms with Crippen LogP contribution in [0, 0.1) is 11.8 Å². The summed E-state index contributed by atoms with van der Waals surface area (Å²) >= 11 is 0. The highest BCUT2D eigenvalue weighted by molar-refractivity contribution is 7.66. The van der Waals surface area contributed by atoms with Crippen molar-refractivity contribution in [3.8, 4) is 0 Å². The molecule has 1 saturated carbocycles. The first-order valence-corrected chi connectivity index (χ1v) is 21.4. The van der Waals surface area contributed by atoms with Gasteiger partial charge in [0.15, 0.2) is 0 Å². The maximum Gasteiger partial charge on any atom is 0.544 e. The van der Waals surface area contributed by atoms with Crippen molar-refractivity contribution in [3.63, 3.8) is 0 Å². The molecule has 0 aromatic heterocycles. The van der Waals surface area contributed by atoms with Gasteiger partial charge in [-0.2, -0.15) is 4.89 Å². The number of nitrogens with one attached hydrogen (secondary N) is 4. The third-order valence-corrected chi connectivity index (χ3v) is 13.0. The molecule has 2 fully saturated rings. The van der Waals surface area contributed by atoms with Gasteiger partial charge < -0.3 is 39.6 Å². The first-order chi connectivity index (χ1) is 25.9. The molecule has 7 atom stereocenters. The van der Waals surface area contributed by atoms with Gasteiger partial charge in [0.2, 0.25) is 17.7 Å². The Morgan fingerprint density at radius 2 is 1.83 bits per heavy atom. The summed E-state index contributed by atoms with van der Waals surface area (Å²) in [4.78, 5) is 65.2. The maximum atomic E-state index is 14.1. The Kier molecular flexibility index (Phi) is 17.0. The van der Waals surface area contributed by atoms with Crippen molar-refractivity contribution in [1.82, 2.24) is 26.2 Å². The molecule has 0 spiro atoms. The Balaban J connectivity index is 1.35. The van der Waals surface area contributed by atoms with Gasteiger partial charge in [-0.3, -0.25) is 29.3 Å². The summed E-state index contributed by atoms with van der Waals surface area (Å²) in [6, 6.07) is 7.84. The van der Waals surface area contributed by atoms with E-state index in [2.05, 4.69) is 49.5 Å². The minimum absolute atomic E-state index is 0.00820. The summed E-state index contributed by atoms with van der Waals surface area (Å²) in [5, 5.41) is 11.2. The van der Waals surface area contributed by atoms with Gasteiger partial charge >= 0.3 is 28.3 Å². The summed E-state index contributed by atoms with van der Waals surface area (Å²) in [7, 11) is -7.40. The van der Waals surface area contributed by atoms with Crippen LogP contribution in [0.5, 0.6) is 0 Å². The lowest BCUT2D eigenvalue weighted by atomic mass is 9.71. The second kappa shape index (κ2) is 21.1. The number of benzene rings is 1. The van der Waals surface area contributed by atoms with E-state index in [1.54, 1.807) is 18.5 Å². The fourth-order valence-corrected chi connectivity index (χ4v) is 8.66. The van der Waals surface area contributed by atoms with E-state index in [4.69, 9.17) is 9.31 Å². The quantitative estimate of drug-likeness (QED) is 0.105. The lowest BCUT2D eigenvalue weighted by Crippen LogP contribution is -2.59.